The minimum Gasteiger partial charge on any atom is -0.464 e. The van der Waals surface area contributed by atoms with E-state index in [9.17, 15) is 9.59 Å². The number of nitrogens with zero attached hydrogens (tertiary/aromatic N) is 2. The standard InChI is InChI=1S/C15H23N3O4/c1-4-21-15(20)11(8-10(17-3)9-16-2)18-13(19)7-5-6-12-14(18)22-12/h9,11-12,14,17H,2,4-8H2,1,3H3/b10-9-. The Morgan fingerprint density at radius 3 is 3.09 bits per heavy atom. The van der Waals surface area contributed by atoms with E-state index in [2.05, 4.69) is 17.0 Å². The van der Waals surface area contributed by atoms with Crippen LogP contribution in [0.1, 0.15) is 32.6 Å². The van der Waals surface area contributed by atoms with Crippen molar-refractivity contribution in [2.24, 2.45) is 4.99 Å². The second kappa shape index (κ2) is 7.40. The summed E-state index contributed by atoms with van der Waals surface area (Å²) in [5, 5.41) is 2.97. The fourth-order valence-electron chi connectivity index (χ4n) is 2.74. The number of carbonyl (C=O) groups excluding carboxylic acids is 2. The van der Waals surface area contributed by atoms with Gasteiger partial charge in [-0.15, -0.1) is 0 Å². The van der Waals surface area contributed by atoms with Gasteiger partial charge in [-0.2, -0.15) is 0 Å². The van der Waals surface area contributed by atoms with Gasteiger partial charge in [-0.05, 0) is 26.5 Å². The van der Waals surface area contributed by atoms with Crippen molar-refractivity contribution in [2.75, 3.05) is 13.7 Å². The Balaban J connectivity index is 2.22. The van der Waals surface area contributed by atoms with Gasteiger partial charge in [0.1, 0.15) is 12.1 Å². The highest BCUT2D eigenvalue weighted by Gasteiger charge is 2.51. The van der Waals surface area contributed by atoms with E-state index in [-0.39, 0.29) is 24.8 Å². The molecule has 0 aromatic heterocycles. The topological polar surface area (TPSA) is 83.5 Å². The molecule has 0 aliphatic carbocycles. The van der Waals surface area contributed by atoms with Crippen LogP contribution in [-0.2, 0) is 19.1 Å². The first-order chi connectivity index (χ1) is 10.6. The molecule has 22 heavy (non-hydrogen) atoms. The lowest BCUT2D eigenvalue weighted by Crippen LogP contribution is -2.48. The second-order valence-electron chi connectivity index (χ2n) is 5.32. The quantitative estimate of drug-likeness (QED) is 0.427. The summed E-state index contributed by atoms with van der Waals surface area (Å²) in [5.74, 6) is -0.484. The van der Waals surface area contributed by atoms with Crippen LogP contribution in [0.2, 0.25) is 0 Å². The highest BCUT2D eigenvalue weighted by Crippen LogP contribution is 2.36. The van der Waals surface area contributed by atoms with Gasteiger partial charge in [0.15, 0.2) is 6.23 Å². The summed E-state index contributed by atoms with van der Waals surface area (Å²) >= 11 is 0. The monoisotopic (exact) mass is 309 g/mol. The Morgan fingerprint density at radius 2 is 2.45 bits per heavy atom. The smallest absolute Gasteiger partial charge is 0.329 e. The van der Waals surface area contributed by atoms with Gasteiger partial charge in [0.05, 0.1) is 6.61 Å². The van der Waals surface area contributed by atoms with Crippen molar-refractivity contribution in [1.29, 1.82) is 0 Å². The Bertz CT molecular complexity index is 477. The molecule has 0 aromatic carbocycles. The van der Waals surface area contributed by atoms with E-state index in [1.54, 1.807) is 25.1 Å². The molecule has 2 heterocycles. The summed E-state index contributed by atoms with van der Waals surface area (Å²) in [6.45, 7) is 5.43. The van der Waals surface area contributed by atoms with E-state index in [1.807, 2.05) is 0 Å². The molecule has 0 saturated carbocycles. The van der Waals surface area contributed by atoms with Crippen LogP contribution in [0.4, 0.5) is 0 Å². The number of carbonyl (C=O) groups is 2. The van der Waals surface area contributed by atoms with Crippen molar-refractivity contribution in [1.82, 2.24) is 10.2 Å². The van der Waals surface area contributed by atoms with Crippen LogP contribution in [-0.4, -0.2) is 55.5 Å². The highest BCUT2D eigenvalue weighted by atomic mass is 16.6. The van der Waals surface area contributed by atoms with Crippen LogP contribution in [0.5, 0.6) is 0 Å². The molecule has 1 amide bonds. The molecule has 122 valence electrons. The predicted molar refractivity (Wildman–Crippen MR) is 81.1 cm³/mol. The number of hydrogen-bond donors (Lipinski definition) is 1. The molecule has 0 radical (unpaired) electrons. The number of esters is 1. The molecule has 0 spiro atoms. The highest BCUT2D eigenvalue weighted by molar-refractivity contribution is 5.85. The van der Waals surface area contributed by atoms with Gasteiger partial charge in [-0.1, -0.05) is 0 Å². The third-order valence-corrected chi connectivity index (χ3v) is 3.87. The van der Waals surface area contributed by atoms with Crippen molar-refractivity contribution >= 4 is 18.6 Å². The maximum Gasteiger partial charge on any atom is 0.329 e. The van der Waals surface area contributed by atoms with Gasteiger partial charge < -0.3 is 19.7 Å². The zero-order chi connectivity index (χ0) is 16.1. The maximum absolute atomic E-state index is 12.4. The molecule has 2 aliphatic heterocycles. The van der Waals surface area contributed by atoms with Gasteiger partial charge >= 0.3 is 5.97 Å². The number of nitrogens with one attached hydrogen (secondary N) is 1. The molecule has 2 rings (SSSR count). The molecule has 3 atom stereocenters. The van der Waals surface area contributed by atoms with E-state index in [0.29, 0.717) is 18.5 Å². The van der Waals surface area contributed by atoms with E-state index >= 15 is 0 Å². The predicted octanol–water partition coefficient (Wildman–Crippen LogP) is 0.807. The first kappa shape index (κ1) is 16.5. The van der Waals surface area contributed by atoms with Gasteiger partial charge in [0, 0.05) is 31.8 Å². The number of aliphatic imine (C=N–C) groups is 1. The zero-order valence-corrected chi connectivity index (χ0v) is 13.1. The summed E-state index contributed by atoms with van der Waals surface area (Å²) in [5.41, 5.74) is 0.710. The van der Waals surface area contributed by atoms with Gasteiger partial charge in [-0.25, -0.2) is 4.79 Å². The van der Waals surface area contributed by atoms with E-state index in [0.717, 1.165) is 12.8 Å². The maximum atomic E-state index is 12.4. The van der Waals surface area contributed by atoms with E-state index in [1.165, 1.54) is 0 Å². The van der Waals surface area contributed by atoms with Gasteiger partial charge in [0.2, 0.25) is 5.91 Å². The lowest BCUT2D eigenvalue weighted by atomic mass is 10.1. The summed E-state index contributed by atoms with van der Waals surface area (Å²) < 4.78 is 10.7. The average Bonchev–Trinajstić information content (AvgIpc) is 3.25. The van der Waals surface area contributed by atoms with Crippen molar-refractivity contribution in [2.45, 2.75) is 51.0 Å². The van der Waals surface area contributed by atoms with Crippen molar-refractivity contribution < 1.29 is 19.1 Å². The third-order valence-electron chi connectivity index (χ3n) is 3.87. The summed E-state index contributed by atoms with van der Waals surface area (Å²) in [4.78, 5) is 30.0. The van der Waals surface area contributed by atoms with Crippen LogP contribution in [0.15, 0.2) is 16.9 Å². The van der Waals surface area contributed by atoms with Gasteiger partial charge in [-0.3, -0.25) is 9.79 Å². The number of fused-ring (bicyclic) bond motifs is 1. The number of likely N-dealkylation sites (tertiary alicyclic amines) is 1. The van der Waals surface area contributed by atoms with Crippen LogP contribution < -0.4 is 5.32 Å². The zero-order valence-electron chi connectivity index (χ0n) is 13.1. The van der Waals surface area contributed by atoms with Crippen molar-refractivity contribution in [3.8, 4) is 0 Å². The van der Waals surface area contributed by atoms with Crippen molar-refractivity contribution in [3.05, 3.63) is 11.9 Å². The summed E-state index contributed by atoms with van der Waals surface area (Å²) in [6.07, 6.45) is 3.65. The summed E-state index contributed by atoms with van der Waals surface area (Å²) in [6, 6.07) is -0.707. The average molecular weight is 309 g/mol. The second-order valence-corrected chi connectivity index (χ2v) is 5.32. The lowest BCUT2D eigenvalue weighted by molar-refractivity contribution is -0.156. The fourth-order valence-corrected chi connectivity index (χ4v) is 2.74. The molecule has 2 aliphatic rings. The van der Waals surface area contributed by atoms with Gasteiger partial charge in [0.25, 0.3) is 0 Å². The molecule has 2 fully saturated rings. The Labute approximate surface area is 130 Å². The molecule has 0 aromatic rings. The molecule has 7 heteroatoms. The Kier molecular flexibility index (Phi) is 5.54. The largest absolute Gasteiger partial charge is 0.464 e. The first-order valence-electron chi connectivity index (χ1n) is 7.58. The summed E-state index contributed by atoms with van der Waals surface area (Å²) in [7, 11) is 1.74. The number of hydrogen-bond acceptors (Lipinski definition) is 6. The van der Waals surface area contributed by atoms with Crippen LogP contribution in [0.3, 0.4) is 0 Å². The molecule has 3 unspecified atom stereocenters. The Hall–Kier alpha value is -1.89. The SMILES string of the molecule is C=N/C=C(/CC(C(=O)OCC)N1C(=O)CCCC2OC21)NC. The van der Waals surface area contributed by atoms with E-state index < -0.39 is 12.0 Å². The minimum absolute atomic E-state index is 0.0444. The molecule has 1 N–H and O–H groups in total. The number of rotatable bonds is 7. The molecular formula is C15H23N3O4. The Morgan fingerprint density at radius 1 is 1.68 bits per heavy atom. The molecular weight excluding hydrogens is 286 g/mol. The van der Waals surface area contributed by atoms with Crippen LogP contribution in [0.25, 0.3) is 0 Å². The van der Waals surface area contributed by atoms with Crippen molar-refractivity contribution in [3.63, 3.8) is 0 Å². The normalized spacial score (nSPS) is 25.8. The number of epoxide rings is 1. The molecule has 0 bridgehead atoms. The van der Waals surface area contributed by atoms with Crippen LogP contribution >= 0.6 is 0 Å². The fraction of sp³-hybridized carbons (Fsp3) is 0.667. The minimum atomic E-state index is -0.707. The van der Waals surface area contributed by atoms with E-state index in [4.69, 9.17) is 9.47 Å². The molecule has 7 nitrogen and oxygen atoms in total. The number of amides is 1. The lowest BCUT2D eigenvalue weighted by Gasteiger charge is -2.29. The first-order valence-corrected chi connectivity index (χ1v) is 7.58. The van der Waals surface area contributed by atoms with Crippen LogP contribution in [0, 0.1) is 0 Å². The molecule has 2 saturated heterocycles. The third kappa shape index (κ3) is 3.65. The number of ether oxygens (including phenoxy) is 2.